The van der Waals surface area contributed by atoms with Gasteiger partial charge in [-0.05, 0) is 32.1 Å². The Bertz CT molecular complexity index is 343. The summed E-state index contributed by atoms with van der Waals surface area (Å²) in [5.41, 5.74) is 2.64. The molecule has 0 aliphatic heterocycles. The van der Waals surface area contributed by atoms with Crippen molar-refractivity contribution >= 4 is 5.82 Å². The summed E-state index contributed by atoms with van der Waals surface area (Å²) in [7, 11) is 1.96. The largest absolute Gasteiger partial charge is 0.373 e. The Labute approximate surface area is 97.7 Å². The Kier molecular flexibility index (Phi) is 3.75. The topological polar surface area (TPSA) is 37.8 Å². The molecule has 1 N–H and O–H groups in total. The van der Waals surface area contributed by atoms with Crippen molar-refractivity contribution in [2.75, 3.05) is 12.4 Å². The van der Waals surface area contributed by atoms with Crippen LogP contribution in [0.1, 0.15) is 49.7 Å². The number of nitrogens with zero attached hydrogens (tertiary/aromatic N) is 2. The van der Waals surface area contributed by atoms with Crippen LogP contribution in [0.3, 0.4) is 0 Å². The fourth-order valence-electron chi connectivity index (χ4n) is 2.30. The van der Waals surface area contributed by atoms with Crippen molar-refractivity contribution in [3.8, 4) is 0 Å². The van der Waals surface area contributed by atoms with Crippen molar-refractivity contribution < 1.29 is 0 Å². The first kappa shape index (κ1) is 11.4. The van der Waals surface area contributed by atoms with E-state index in [9.17, 15) is 0 Å². The van der Waals surface area contributed by atoms with Gasteiger partial charge in [0.05, 0.1) is 0 Å². The molecule has 0 saturated carbocycles. The van der Waals surface area contributed by atoms with Crippen LogP contribution in [0.4, 0.5) is 5.82 Å². The molecule has 0 amide bonds. The second-order valence-corrected chi connectivity index (χ2v) is 4.47. The van der Waals surface area contributed by atoms with E-state index in [0.717, 1.165) is 30.9 Å². The lowest BCUT2D eigenvalue weighted by Gasteiger charge is -2.18. The Morgan fingerprint density at radius 2 is 2.00 bits per heavy atom. The summed E-state index contributed by atoms with van der Waals surface area (Å²) in [5, 5.41) is 3.22. The third-order valence-corrected chi connectivity index (χ3v) is 3.22. The summed E-state index contributed by atoms with van der Waals surface area (Å²) < 4.78 is 0. The van der Waals surface area contributed by atoms with Gasteiger partial charge in [-0.1, -0.05) is 13.3 Å². The molecule has 0 fully saturated rings. The normalized spacial score (nSPS) is 14.6. The van der Waals surface area contributed by atoms with E-state index >= 15 is 0 Å². The average molecular weight is 219 g/mol. The van der Waals surface area contributed by atoms with Gasteiger partial charge in [-0.25, -0.2) is 9.97 Å². The number of fused-ring (bicyclic) bond motifs is 1. The number of nitrogens with one attached hydrogen (secondary N) is 1. The molecule has 16 heavy (non-hydrogen) atoms. The van der Waals surface area contributed by atoms with Crippen molar-refractivity contribution in [1.82, 2.24) is 9.97 Å². The molecule has 1 aromatic rings. The SMILES string of the molecule is CCCCc1nc2c(c(NC)n1)CCCC2. The number of hydrogen-bond donors (Lipinski definition) is 1. The van der Waals surface area contributed by atoms with Crippen LogP contribution in [-0.4, -0.2) is 17.0 Å². The molecule has 0 atom stereocenters. The summed E-state index contributed by atoms with van der Waals surface area (Å²) in [4.78, 5) is 9.33. The molecule has 0 saturated heterocycles. The number of aryl methyl sites for hydroxylation is 2. The molecule has 1 aromatic heterocycles. The highest BCUT2D eigenvalue weighted by molar-refractivity contribution is 5.47. The van der Waals surface area contributed by atoms with E-state index in [2.05, 4.69) is 17.2 Å². The Morgan fingerprint density at radius 1 is 1.19 bits per heavy atom. The molecule has 3 nitrogen and oxygen atoms in total. The van der Waals surface area contributed by atoms with E-state index in [1.807, 2.05) is 7.05 Å². The van der Waals surface area contributed by atoms with Crippen molar-refractivity contribution in [1.29, 1.82) is 0 Å². The Hall–Kier alpha value is -1.12. The van der Waals surface area contributed by atoms with Crippen LogP contribution in [0.15, 0.2) is 0 Å². The summed E-state index contributed by atoms with van der Waals surface area (Å²) in [6.07, 6.45) is 8.22. The number of aromatic nitrogens is 2. The van der Waals surface area contributed by atoms with Gasteiger partial charge in [-0.3, -0.25) is 0 Å². The second-order valence-electron chi connectivity index (χ2n) is 4.47. The smallest absolute Gasteiger partial charge is 0.132 e. The quantitative estimate of drug-likeness (QED) is 0.846. The highest BCUT2D eigenvalue weighted by Gasteiger charge is 2.16. The molecule has 3 heteroatoms. The van der Waals surface area contributed by atoms with Crippen molar-refractivity contribution in [2.24, 2.45) is 0 Å². The lowest BCUT2D eigenvalue weighted by atomic mass is 9.96. The Balaban J connectivity index is 2.28. The van der Waals surface area contributed by atoms with Gasteiger partial charge >= 0.3 is 0 Å². The first-order chi connectivity index (χ1) is 7.85. The number of rotatable bonds is 4. The van der Waals surface area contributed by atoms with Gasteiger partial charge in [-0.15, -0.1) is 0 Å². The third kappa shape index (κ3) is 2.34. The predicted molar refractivity (Wildman–Crippen MR) is 66.8 cm³/mol. The summed E-state index contributed by atoms with van der Waals surface area (Å²) >= 11 is 0. The number of anilines is 1. The fourth-order valence-corrected chi connectivity index (χ4v) is 2.30. The average Bonchev–Trinajstić information content (AvgIpc) is 2.35. The summed E-state index contributed by atoms with van der Waals surface area (Å²) in [6.45, 7) is 2.21. The highest BCUT2D eigenvalue weighted by Crippen LogP contribution is 2.25. The van der Waals surface area contributed by atoms with E-state index < -0.39 is 0 Å². The van der Waals surface area contributed by atoms with E-state index in [1.165, 1.54) is 36.9 Å². The van der Waals surface area contributed by atoms with Crippen LogP contribution in [0.25, 0.3) is 0 Å². The molecule has 1 aliphatic carbocycles. The molecule has 2 rings (SSSR count). The summed E-state index contributed by atoms with van der Waals surface area (Å²) in [5.74, 6) is 2.09. The van der Waals surface area contributed by atoms with Gasteiger partial charge in [0.1, 0.15) is 11.6 Å². The molecule has 0 bridgehead atoms. The standard InChI is InChI=1S/C13H21N3/c1-3-4-9-12-15-11-8-6-5-7-10(11)13(14-2)16-12/h3-9H2,1-2H3,(H,14,15,16). The van der Waals surface area contributed by atoms with E-state index in [-0.39, 0.29) is 0 Å². The van der Waals surface area contributed by atoms with Crippen LogP contribution < -0.4 is 5.32 Å². The zero-order chi connectivity index (χ0) is 11.4. The van der Waals surface area contributed by atoms with Gasteiger partial charge in [0, 0.05) is 24.7 Å². The third-order valence-electron chi connectivity index (χ3n) is 3.22. The van der Waals surface area contributed by atoms with E-state index in [1.54, 1.807) is 0 Å². The van der Waals surface area contributed by atoms with Crippen LogP contribution in [0.5, 0.6) is 0 Å². The molecule has 0 spiro atoms. The molecular formula is C13H21N3. The van der Waals surface area contributed by atoms with Gasteiger partial charge in [-0.2, -0.15) is 0 Å². The second kappa shape index (κ2) is 5.28. The molecule has 1 aliphatic rings. The van der Waals surface area contributed by atoms with Gasteiger partial charge in [0.25, 0.3) is 0 Å². The molecule has 0 radical (unpaired) electrons. The predicted octanol–water partition coefficient (Wildman–Crippen LogP) is 2.74. The van der Waals surface area contributed by atoms with Crippen molar-refractivity contribution in [3.05, 3.63) is 17.1 Å². The zero-order valence-electron chi connectivity index (χ0n) is 10.3. The van der Waals surface area contributed by atoms with Gasteiger partial charge in [0.2, 0.25) is 0 Å². The first-order valence-corrected chi connectivity index (χ1v) is 6.41. The van der Waals surface area contributed by atoms with Crippen molar-refractivity contribution in [3.63, 3.8) is 0 Å². The van der Waals surface area contributed by atoms with Gasteiger partial charge in [0.15, 0.2) is 0 Å². The van der Waals surface area contributed by atoms with Crippen LogP contribution in [0, 0.1) is 0 Å². The minimum absolute atomic E-state index is 1.01. The lowest BCUT2D eigenvalue weighted by molar-refractivity contribution is 0.649. The van der Waals surface area contributed by atoms with Crippen LogP contribution >= 0.6 is 0 Å². The summed E-state index contributed by atoms with van der Waals surface area (Å²) in [6, 6.07) is 0. The molecular weight excluding hydrogens is 198 g/mol. The maximum atomic E-state index is 4.71. The minimum Gasteiger partial charge on any atom is -0.373 e. The molecule has 0 aromatic carbocycles. The fraction of sp³-hybridized carbons (Fsp3) is 0.692. The molecule has 0 unspecified atom stereocenters. The van der Waals surface area contributed by atoms with Crippen molar-refractivity contribution in [2.45, 2.75) is 51.9 Å². The first-order valence-electron chi connectivity index (χ1n) is 6.41. The number of unbranched alkanes of at least 4 members (excludes halogenated alkanes) is 1. The highest BCUT2D eigenvalue weighted by atomic mass is 15.0. The van der Waals surface area contributed by atoms with E-state index in [0.29, 0.717) is 0 Å². The van der Waals surface area contributed by atoms with Crippen LogP contribution in [0.2, 0.25) is 0 Å². The monoisotopic (exact) mass is 219 g/mol. The molecule has 1 heterocycles. The maximum Gasteiger partial charge on any atom is 0.132 e. The number of hydrogen-bond acceptors (Lipinski definition) is 3. The Morgan fingerprint density at radius 3 is 2.75 bits per heavy atom. The van der Waals surface area contributed by atoms with E-state index in [4.69, 9.17) is 4.98 Å². The van der Waals surface area contributed by atoms with Crippen LogP contribution in [-0.2, 0) is 19.3 Å². The maximum absolute atomic E-state index is 4.71. The van der Waals surface area contributed by atoms with Gasteiger partial charge < -0.3 is 5.32 Å². The zero-order valence-corrected chi connectivity index (χ0v) is 10.3. The molecule has 88 valence electrons. The minimum atomic E-state index is 1.01. The lowest BCUT2D eigenvalue weighted by Crippen LogP contribution is -2.13.